The molecule has 0 spiro atoms. The first-order valence-electron chi connectivity index (χ1n) is 7.82. The van der Waals surface area contributed by atoms with E-state index in [1.165, 1.54) is 5.56 Å². The maximum atomic E-state index is 12.0. The van der Waals surface area contributed by atoms with Crippen LogP contribution in [0.1, 0.15) is 17.2 Å². The summed E-state index contributed by atoms with van der Waals surface area (Å²) in [5.41, 5.74) is 2.11. The molecule has 1 aromatic heterocycles. The number of benzene rings is 1. The van der Waals surface area contributed by atoms with Gasteiger partial charge in [-0.15, -0.1) is 0 Å². The lowest BCUT2D eigenvalue weighted by molar-refractivity contribution is -0.125. The Morgan fingerprint density at radius 1 is 1.08 bits per heavy atom. The average Bonchev–Trinajstić information content (AvgIpc) is 3.08. The van der Waals surface area contributed by atoms with Crippen LogP contribution >= 0.6 is 11.3 Å². The second kappa shape index (κ2) is 9.20. The normalized spacial score (nSPS) is 12.0. The Hall–Kier alpha value is -2.18. The number of hydrogen-bond donors (Lipinski definition) is 2. The van der Waals surface area contributed by atoms with Crippen LogP contribution in [0.15, 0.2) is 47.2 Å². The van der Waals surface area contributed by atoms with Gasteiger partial charge in [0, 0.05) is 6.54 Å². The first-order chi connectivity index (χ1) is 11.6. The van der Waals surface area contributed by atoms with E-state index in [2.05, 4.69) is 27.0 Å². The Balaban J connectivity index is 1.73. The number of thiophene rings is 1. The van der Waals surface area contributed by atoms with Crippen molar-refractivity contribution in [2.45, 2.75) is 12.5 Å². The van der Waals surface area contributed by atoms with Crippen molar-refractivity contribution in [3.8, 4) is 0 Å². The number of nitrogens with one attached hydrogen (secondary N) is 2. The van der Waals surface area contributed by atoms with Crippen molar-refractivity contribution in [1.29, 1.82) is 0 Å². The molecule has 2 aromatic rings. The number of carbonyl (C=O) groups is 2. The van der Waals surface area contributed by atoms with Crippen molar-refractivity contribution < 1.29 is 9.59 Å². The number of hydrogen-bond acceptors (Lipinski definition) is 4. The molecule has 2 rings (SSSR count). The van der Waals surface area contributed by atoms with Gasteiger partial charge in [-0.2, -0.15) is 11.3 Å². The van der Waals surface area contributed by atoms with E-state index >= 15 is 0 Å². The lowest BCUT2D eigenvalue weighted by Crippen LogP contribution is -2.40. The van der Waals surface area contributed by atoms with Crippen LogP contribution in [-0.2, 0) is 16.0 Å². The highest BCUT2D eigenvalue weighted by Crippen LogP contribution is 2.19. The molecule has 1 aromatic carbocycles. The third-order valence-corrected chi connectivity index (χ3v) is 4.40. The summed E-state index contributed by atoms with van der Waals surface area (Å²) in [5.74, 6) is -0.336. The van der Waals surface area contributed by atoms with Crippen molar-refractivity contribution >= 4 is 23.2 Å². The molecule has 0 aliphatic heterocycles. The smallest absolute Gasteiger partial charge is 0.239 e. The van der Waals surface area contributed by atoms with Gasteiger partial charge in [0.2, 0.25) is 11.8 Å². The third kappa shape index (κ3) is 5.79. The summed E-state index contributed by atoms with van der Waals surface area (Å²) in [5, 5.41) is 9.64. The van der Waals surface area contributed by atoms with Gasteiger partial charge in [0.25, 0.3) is 0 Å². The van der Waals surface area contributed by atoms with Crippen LogP contribution < -0.4 is 10.6 Å². The molecular formula is C18H23N3O2S. The van der Waals surface area contributed by atoms with E-state index in [-0.39, 0.29) is 30.8 Å². The minimum Gasteiger partial charge on any atom is -0.353 e. The summed E-state index contributed by atoms with van der Waals surface area (Å²) < 4.78 is 0. The van der Waals surface area contributed by atoms with E-state index < -0.39 is 0 Å². The summed E-state index contributed by atoms with van der Waals surface area (Å²) in [7, 11) is 3.96. The maximum Gasteiger partial charge on any atom is 0.239 e. The third-order valence-electron chi connectivity index (χ3n) is 3.70. The van der Waals surface area contributed by atoms with Crippen LogP contribution in [0.5, 0.6) is 0 Å². The molecule has 0 radical (unpaired) electrons. The minimum atomic E-state index is -0.182. The lowest BCUT2D eigenvalue weighted by atomic mass is 10.1. The van der Waals surface area contributed by atoms with E-state index in [9.17, 15) is 9.59 Å². The van der Waals surface area contributed by atoms with Gasteiger partial charge < -0.3 is 15.5 Å². The maximum absolute atomic E-state index is 12.0. The van der Waals surface area contributed by atoms with E-state index in [0.717, 1.165) is 5.56 Å². The topological polar surface area (TPSA) is 61.4 Å². The predicted octanol–water partition coefficient (Wildman–Crippen LogP) is 1.83. The SMILES string of the molecule is CN(C)C(CNC(=O)CNC(=O)Cc1ccccc1)c1ccsc1. The monoisotopic (exact) mass is 345 g/mol. The highest BCUT2D eigenvalue weighted by atomic mass is 32.1. The Kier molecular flexibility index (Phi) is 6.96. The van der Waals surface area contributed by atoms with Crippen LogP contribution in [0, 0.1) is 0 Å². The fourth-order valence-corrected chi connectivity index (χ4v) is 3.07. The highest BCUT2D eigenvalue weighted by Gasteiger charge is 2.15. The number of likely N-dealkylation sites (N-methyl/N-ethyl adjacent to an activating group) is 1. The van der Waals surface area contributed by atoms with Crippen molar-refractivity contribution in [2.24, 2.45) is 0 Å². The molecule has 1 unspecified atom stereocenters. The second-order valence-corrected chi connectivity index (χ2v) is 6.56. The molecule has 1 atom stereocenters. The van der Waals surface area contributed by atoms with E-state index in [1.54, 1.807) is 11.3 Å². The van der Waals surface area contributed by atoms with Gasteiger partial charge in [-0.25, -0.2) is 0 Å². The highest BCUT2D eigenvalue weighted by molar-refractivity contribution is 7.07. The van der Waals surface area contributed by atoms with Crippen LogP contribution in [0.3, 0.4) is 0 Å². The Morgan fingerprint density at radius 2 is 1.83 bits per heavy atom. The average molecular weight is 345 g/mol. The fraction of sp³-hybridized carbons (Fsp3) is 0.333. The minimum absolute atomic E-state index is 0.00451. The van der Waals surface area contributed by atoms with Crippen molar-refractivity contribution in [1.82, 2.24) is 15.5 Å². The Bertz CT molecular complexity index is 642. The van der Waals surface area contributed by atoms with Gasteiger partial charge >= 0.3 is 0 Å². The first-order valence-corrected chi connectivity index (χ1v) is 8.76. The van der Waals surface area contributed by atoms with E-state index in [1.807, 2.05) is 49.8 Å². The molecule has 6 heteroatoms. The predicted molar refractivity (Wildman–Crippen MR) is 96.9 cm³/mol. The van der Waals surface area contributed by atoms with Crippen LogP contribution in [0.2, 0.25) is 0 Å². The fourth-order valence-electron chi connectivity index (χ4n) is 2.36. The quantitative estimate of drug-likeness (QED) is 0.767. The summed E-state index contributed by atoms with van der Waals surface area (Å²) in [6.07, 6.45) is 0.281. The van der Waals surface area contributed by atoms with Crippen LogP contribution in [0.25, 0.3) is 0 Å². The summed E-state index contributed by atoms with van der Waals surface area (Å²) in [6.45, 7) is 0.507. The summed E-state index contributed by atoms with van der Waals surface area (Å²) >= 11 is 1.64. The molecule has 0 saturated heterocycles. The number of amides is 2. The zero-order valence-corrected chi connectivity index (χ0v) is 14.8. The van der Waals surface area contributed by atoms with Crippen molar-refractivity contribution in [3.63, 3.8) is 0 Å². The van der Waals surface area contributed by atoms with Gasteiger partial charge in [0.1, 0.15) is 0 Å². The zero-order valence-electron chi connectivity index (χ0n) is 14.0. The van der Waals surface area contributed by atoms with E-state index in [0.29, 0.717) is 6.54 Å². The van der Waals surface area contributed by atoms with Crippen LogP contribution in [0.4, 0.5) is 0 Å². The molecule has 0 aliphatic carbocycles. The standard InChI is InChI=1S/C18H23N3O2S/c1-21(2)16(15-8-9-24-13-15)11-19-18(23)12-20-17(22)10-14-6-4-3-5-7-14/h3-9,13,16H,10-12H2,1-2H3,(H,19,23)(H,20,22). The Labute approximate surface area is 146 Å². The Morgan fingerprint density at radius 3 is 2.46 bits per heavy atom. The van der Waals surface area contributed by atoms with Gasteiger partial charge in [-0.3, -0.25) is 9.59 Å². The summed E-state index contributed by atoms with van der Waals surface area (Å²) in [4.78, 5) is 25.9. The van der Waals surface area contributed by atoms with Crippen molar-refractivity contribution in [2.75, 3.05) is 27.2 Å². The van der Waals surface area contributed by atoms with Gasteiger partial charge in [0.05, 0.1) is 19.0 Å². The molecule has 0 aliphatic rings. The largest absolute Gasteiger partial charge is 0.353 e. The summed E-state index contributed by atoms with van der Waals surface area (Å²) in [6, 6.07) is 11.7. The van der Waals surface area contributed by atoms with Crippen molar-refractivity contribution in [3.05, 3.63) is 58.3 Å². The molecule has 0 saturated carbocycles. The van der Waals surface area contributed by atoms with Crippen LogP contribution in [-0.4, -0.2) is 43.9 Å². The number of rotatable bonds is 8. The molecule has 1 heterocycles. The zero-order chi connectivity index (χ0) is 17.4. The van der Waals surface area contributed by atoms with Gasteiger partial charge in [0.15, 0.2) is 0 Å². The molecule has 2 amide bonds. The first kappa shape index (κ1) is 18.2. The molecule has 0 fully saturated rings. The number of nitrogens with zero attached hydrogens (tertiary/aromatic N) is 1. The lowest BCUT2D eigenvalue weighted by Gasteiger charge is -2.24. The van der Waals surface area contributed by atoms with Gasteiger partial charge in [-0.1, -0.05) is 30.3 Å². The second-order valence-electron chi connectivity index (χ2n) is 5.78. The molecule has 2 N–H and O–H groups in total. The molecule has 5 nitrogen and oxygen atoms in total. The molecule has 128 valence electrons. The molecule has 0 bridgehead atoms. The molecule has 24 heavy (non-hydrogen) atoms. The number of carbonyl (C=O) groups excluding carboxylic acids is 2. The molecular weight excluding hydrogens is 322 g/mol. The van der Waals surface area contributed by atoms with E-state index in [4.69, 9.17) is 0 Å². The van der Waals surface area contributed by atoms with Gasteiger partial charge in [-0.05, 0) is 42.0 Å².